The molecule has 0 aliphatic heterocycles. The fraction of sp³-hybridized carbons (Fsp3) is 0.222. The SMILES string of the molecule is CC#CC=CCN(C)Cc1cccc2ccccc12. The van der Waals surface area contributed by atoms with Crippen LogP contribution < -0.4 is 0 Å². The zero-order valence-electron chi connectivity index (χ0n) is 11.6. The van der Waals surface area contributed by atoms with Gasteiger partial charge in [-0.15, -0.1) is 5.92 Å². The molecule has 1 nitrogen and oxygen atoms in total. The van der Waals surface area contributed by atoms with Gasteiger partial charge in [0.25, 0.3) is 0 Å². The molecule has 0 aliphatic carbocycles. The molecule has 0 saturated carbocycles. The highest BCUT2D eigenvalue weighted by molar-refractivity contribution is 5.85. The normalized spacial score (nSPS) is 10.9. The standard InChI is InChI=1S/C18H19N/c1-3-4-5-8-14-19(2)15-17-12-9-11-16-10-6-7-13-18(16)17/h5-13H,14-15H2,1-2H3. The Morgan fingerprint density at radius 3 is 2.74 bits per heavy atom. The van der Waals surface area contributed by atoms with Crippen LogP contribution in [0.4, 0.5) is 0 Å². The number of hydrogen-bond acceptors (Lipinski definition) is 1. The lowest BCUT2D eigenvalue weighted by Crippen LogP contribution is -2.17. The van der Waals surface area contributed by atoms with Crippen LogP contribution in [0.15, 0.2) is 54.6 Å². The molecule has 1 heteroatoms. The summed E-state index contributed by atoms with van der Waals surface area (Å²) in [6.07, 6.45) is 4.02. The number of fused-ring (bicyclic) bond motifs is 1. The van der Waals surface area contributed by atoms with E-state index in [0.717, 1.165) is 13.1 Å². The van der Waals surface area contributed by atoms with Crippen molar-refractivity contribution in [3.8, 4) is 11.8 Å². The van der Waals surface area contributed by atoms with Gasteiger partial charge in [-0.2, -0.15) is 0 Å². The molecule has 0 saturated heterocycles. The van der Waals surface area contributed by atoms with Crippen molar-refractivity contribution in [2.45, 2.75) is 13.5 Å². The first-order chi connectivity index (χ1) is 9.31. The van der Waals surface area contributed by atoms with Gasteiger partial charge in [0.1, 0.15) is 0 Å². The molecule has 0 amide bonds. The van der Waals surface area contributed by atoms with Crippen LogP contribution in [0.3, 0.4) is 0 Å². The predicted octanol–water partition coefficient (Wildman–Crippen LogP) is 3.85. The van der Waals surface area contributed by atoms with E-state index in [1.165, 1.54) is 16.3 Å². The number of allylic oxidation sites excluding steroid dienone is 1. The highest BCUT2D eigenvalue weighted by Crippen LogP contribution is 2.19. The summed E-state index contributed by atoms with van der Waals surface area (Å²) in [6, 6.07) is 15.0. The highest BCUT2D eigenvalue weighted by atomic mass is 15.1. The summed E-state index contributed by atoms with van der Waals surface area (Å²) in [6.45, 7) is 3.72. The molecule has 0 radical (unpaired) electrons. The molecule has 0 heterocycles. The maximum absolute atomic E-state index is 2.94. The van der Waals surface area contributed by atoms with Crippen LogP contribution in [0.1, 0.15) is 12.5 Å². The Bertz CT molecular complexity index is 623. The van der Waals surface area contributed by atoms with Gasteiger partial charge in [-0.3, -0.25) is 4.90 Å². The van der Waals surface area contributed by atoms with Crippen molar-refractivity contribution in [1.29, 1.82) is 0 Å². The Labute approximate surface area is 115 Å². The van der Waals surface area contributed by atoms with Crippen molar-refractivity contribution >= 4 is 10.8 Å². The topological polar surface area (TPSA) is 3.24 Å². The second-order valence-electron chi connectivity index (χ2n) is 4.63. The van der Waals surface area contributed by atoms with E-state index in [2.05, 4.69) is 72.3 Å². The van der Waals surface area contributed by atoms with E-state index in [-0.39, 0.29) is 0 Å². The average molecular weight is 249 g/mol. The Balaban J connectivity index is 2.10. The molecule has 2 aromatic carbocycles. The van der Waals surface area contributed by atoms with Gasteiger partial charge < -0.3 is 0 Å². The van der Waals surface area contributed by atoms with Gasteiger partial charge in [-0.25, -0.2) is 0 Å². The first-order valence-electron chi connectivity index (χ1n) is 6.53. The molecular formula is C18H19N. The van der Waals surface area contributed by atoms with Crippen molar-refractivity contribution in [1.82, 2.24) is 4.90 Å². The van der Waals surface area contributed by atoms with E-state index in [1.54, 1.807) is 0 Å². The maximum atomic E-state index is 2.94. The summed E-state index contributed by atoms with van der Waals surface area (Å²) in [7, 11) is 2.13. The lowest BCUT2D eigenvalue weighted by atomic mass is 10.0. The summed E-state index contributed by atoms with van der Waals surface area (Å²) in [4.78, 5) is 2.29. The smallest absolute Gasteiger partial charge is 0.0240 e. The van der Waals surface area contributed by atoms with Gasteiger partial charge in [0.05, 0.1) is 0 Å². The van der Waals surface area contributed by atoms with Crippen LogP contribution in [0, 0.1) is 11.8 Å². The minimum absolute atomic E-state index is 0.915. The molecular weight excluding hydrogens is 230 g/mol. The summed E-state index contributed by atoms with van der Waals surface area (Å²) in [5.74, 6) is 5.80. The van der Waals surface area contributed by atoms with Crippen LogP contribution in [0.2, 0.25) is 0 Å². The van der Waals surface area contributed by atoms with Gasteiger partial charge in [-0.05, 0) is 36.4 Å². The molecule has 0 atom stereocenters. The lowest BCUT2D eigenvalue weighted by molar-refractivity contribution is 0.365. The number of hydrogen-bond donors (Lipinski definition) is 0. The van der Waals surface area contributed by atoms with E-state index in [0.29, 0.717) is 0 Å². The highest BCUT2D eigenvalue weighted by Gasteiger charge is 2.02. The zero-order valence-corrected chi connectivity index (χ0v) is 11.6. The van der Waals surface area contributed by atoms with Gasteiger partial charge in [0, 0.05) is 13.1 Å². The number of nitrogens with zero attached hydrogens (tertiary/aromatic N) is 1. The van der Waals surface area contributed by atoms with Crippen LogP contribution in [0.5, 0.6) is 0 Å². The summed E-state index contributed by atoms with van der Waals surface area (Å²) in [5, 5.41) is 2.65. The molecule has 0 N–H and O–H groups in total. The van der Waals surface area contributed by atoms with Crippen molar-refractivity contribution in [3.05, 3.63) is 60.2 Å². The summed E-state index contributed by atoms with van der Waals surface area (Å²) >= 11 is 0. The van der Waals surface area contributed by atoms with Gasteiger partial charge >= 0.3 is 0 Å². The molecule has 0 bridgehead atoms. The Morgan fingerprint density at radius 2 is 1.89 bits per heavy atom. The van der Waals surface area contributed by atoms with E-state index in [1.807, 2.05) is 13.0 Å². The van der Waals surface area contributed by atoms with Gasteiger partial charge in [-0.1, -0.05) is 54.5 Å². The number of benzene rings is 2. The first-order valence-corrected chi connectivity index (χ1v) is 6.53. The monoisotopic (exact) mass is 249 g/mol. The molecule has 0 aliphatic rings. The molecule has 2 rings (SSSR count). The van der Waals surface area contributed by atoms with Crippen LogP contribution in [0.25, 0.3) is 10.8 Å². The first kappa shape index (κ1) is 13.4. The van der Waals surface area contributed by atoms with E-state index in [9.17, 15) is 0 Å². The summed E-state index contributed by atoms with van der Waals surface area (Å²) < 4.78 is 0. The Hall–Kier alpha value is -2.04. The zero-order chi connectivity index (χ0) is 13.5. The van der Waals surface area contributed by atoms with Crippen molar-refractivity contribution in [2.24, 2.45) is 0 Å². The Morgan fingerprint density at radius 1 is 1.11 bits per heavy atom. The lowest BCUT2D eigenvalue weighted by Gasteiger charge is -2.15. The molecule has 0 fully saturated rings. The average Bonchev–Trinajstić information content (AvgIpc) is 2.44. The Kier molecular flexibility index (Phi) is 4.78. The van der Waals surface area contributed by atoms with Crippen molar-refractivity contribution in [2.75, 3.05) is 13.6 Å². The third-order valence-electron chi connectivity index (χ3n) is 3.08. The molecule has 0 aromatic heterocycles. The fourth-order valence-corrected chi connectivity index (χ4v) is 2.16. The van der Waals surface area contributed by atoms with E-state index >= 15 is 0 Å². The number of likely N-dealkylation sites (N-methyl/N-ethyl adjacent to an activating group) is 1. The quantitative estimate of drug-likeness (QED) is 0.744. The largest absolute Gasteiger partial charge is 0.298 e. The molecule has 0 unspecified atom stereocenters. The second-order valence-corrected chi connectivity index (χ2v) is 4.63. The minimum Gasteiger partial charge on any atom is -0.298 e. The van der Waals surface area contributed by atoms with Crippen molar-refractivity contribution in [3.63, 3.8) is 0 Å². The van der Waals surface area contributed by atoms with Crippen molar-refractivity contribution < 1.29 is 0 Å². The summed E-state index contributed by atoms with van der Waals surface area (Å²) in [5.41, 5.74) is 1.37. The predicted molar refractivity (Wildman–Crippen MR) is 82.9 cm³/mol. The molecule has 19 heavy (non-hydrogen) atoms. The van der Waals surface area contributed by atoms with E-state index in [4.69, 9.17) is 0 Å². The molecule has 0 spiro atoms. The maximum Gasteiger partial charge on any atom is 0.0240 e. The van der Waals surface area contributed by atoms with Gasteiger partial charge in [0.15, 0.2) is 0 Å². The van der Waals surface area contributed by atoms with Gasteiger partial charge in [0.2, 0.25) is 0 Å². The molecule has 2 aromatic rings. The third kappa shape index (κ3) is 3.71. The molecule has 96 valence electrons. The number of rotatable bonds is 4. The fourth-order valence-electron chi connectivity index (χ4n) is 2.16. The third-order valence-corrected chi connectivity index (χ3v) is 3.08. The van der Waals surface area contributed by atoms with Crippen LogP contribution >= 0.6 is 0 Å². The second kappa shape index (κ2) is 6.78. The van der Waals surface area contributed by atoms with Crippen LogP contribution in [-0.2, 0) is 6.54 Å². The van der Waals surface area contributed by atoms with Crippen LogP contribution in [-0.4, -0.2) is 18.5 Å². The van der Waals surface area contributed by atoms with E-state index < -0.39 is 0 Å². The minimum atomic E-state index is 0.915.